The molecular formula is C24H29N3O3. The van der Waals surface area contributed by atoms with Gasteiger partial charge in [0, 0.05) is 38.0 Å². The van der Waals surface area contributed by atoms with Crippen molar-refractivity contribution in [2.45, 2.75) is 51.0 Å². The summed E-state index contributed by atoms with van der Waals surface area (Å²) >= 11 is 0. The molecule has 0 aliphatic carbocycles. The van der Waals surface area contributed by atoms with Gasteiger partial charge in [0.1, 0.15) is 5.60 Å². The molecule has 6 heteroatoms. The van der Waals surface area contributed by atoms with Crippen LogP contribution in [-0.4, -0.2) is 35.6 Å². The molecule has 4 rings (SSSR count). The number of piperidine rings is 1. The number of amides is 1. The molecule has 1 fully saturated rings. The summed E-state index contributed by atoms with van der Waals surface area (Å²) < 4.78 is 0. The number of nitrogens with one attached hydrogen (secondary N) is 1. The molecule has 1 spiro atoms. The van der Waals surface area contributed by atoms with Crippen LogP contribution < -0.4 is 5.32 Å². The minimum absolute atomic E-state index is 0.0786. The van der Waals surface area contributed by atoms with Crippen LogP contribution in [0.3, 0.4) is 0 Å². The van der Waals surface area contributed by atoms with Gasteiger partial charge in [-0.15, -0.1) is 5.06 Å². The monoisotopic (exact) mass is 407 g/mol. The number of benzene rings is 2. The van der Waals surface area contributed by atoms with Crippen LogP contribution in [0.1, 0.15) is 51.2 Å². The Morgan fingerprint density at radius 1 is 1.07 bits per heavy atom. The number of rotatable bonds is 3. The van der Waals surface area contributed by atoms with Gasteiger partial charge in [0.2, 0.25) is 0 Å². The lowest BCUT2D eigenvalue weighted by Gasteiger charge is -2.35. The van der Waals surface area contributed by atoms with Crippen LogP contribution in [0.5, 0.6) is 0 Å². The van der Waals surface area contributed by atoms with Crippen molar-refractivity contribution < 1.29 is 14.5 Å². The molecule has 0 aromatic heterocycles. The van der Waals surface area contributed by atoms with Crippen LogP contribution in [0.25, 0.3) is 0 Å². The highest BCUT2D eigenvalue weighted by Gasteiger charge is 2.43. The first-order valence-corrected chi connectivity index (χ1v) is 10.5. The number of carbonyl (C=O) groups is 1. The first-order valence-electron chi connectivity index (χ1n) is 10.5. The number of oxime groups is 1. The number of nitrogens with zero attached hydrogens (tertiary/aromatic N) is 2. The van der Waals surface area contributed by atoms with Crippen molar-refractivity contribution in [2.24, 2.45) is 5.16 Å². The normalized spacial score (nSPS) is 18.6. The predicted octanol–water partition coefficient (Wildman–Crippen LogP) is 5.11. The van der Waals surface area contributed by atoms with Crippen LogP contribution in [0.4, 0.5) is 10.5 Å². The summed E-state index contributed by atoms with van der Waals surface area (Å²) in [4.78, 5) is 23.6. The number of hydrogen-bond donors (Lipinski definition) is 1. The second kappa shape index (κ2) is 8.11. The minimum Gasteiger partial charge on any atom is -0.388 e. The van der Waals surface area contributed by atoms with Crippen molar-refractivity contribution in [1.82, 2.24) is 5.06 Å². The lowest BCUT2D eigenvalue weighted by atomic mass is 9.86. The summed E-state index contributed by atoms with van der Waals surface area (Å²) in [7, 11) is 0. The van der Waals surface area contributed by atoms with E-state index in [9.17, 15) is 4.79 Å². The summed E-state index contributed by atoms with van der Waals surface area (Å²) in [6.07, 6.45) is 1.85. The maximum atomic E-state index is 12.3. The average Bonchev–Trinajstić information content (AvgIpc) is 3.14. The molecule has 1 saturated heterocycles. The number of carbonyl (C=O) groups excluding carboxylic acids is 1. The van der Waals surface area contributed by atoms with E-state index in [1.54, 1.807) is 5.06 Å². The van der Waals surface area contributed by atoms with Crippen molar-refractivity contribution in [3.05, 3.63) is 65.7 Å². The molecule has 30 heavy (non-hydrogen) atoms. The van der Waals surface area contributed by atoms with Gasteiger partial charge in [-0.05, 0) is 28.7 Å². The third-order valence-electron chi connectivity index (χ3n) is 5.79. The summed E-state index contributed by atoms with van der Waals surface area (Å²) in [5, 5.41) is 8.83. The number of hydrogen-bond acceptors (Lipinski definition) is 5. The Kier molecular flexibility index (Phi) is 5.52. The van der Waals surface area contributed by atoms with E-state index in [0.717, 1.165) is 36.2 Å². The first kappa shape index (κ1) is 20.4. The number of hydroxylamine groups is 2. The SMILES string of the molecule is CC(C)(C)c1ccc(NC(=O)ON2CCC3(CC2)CC(c2ccccc2)=NO3)cc1. The smallest absolute Gasteiger partial charge is 0.388 e. The molecule has 6 nitrogen and oxygen atoms in total. The minimum atomic E-state index is -0.469. The largest absolute Gasteiger partial charge is 0.430 e. The molecule has 2 aromatic rings. The Morgan fingerprint density at radius 2 is 1.73 bits per heavy atom. The second-order valence-electron chi connectivity index (χ2n) is 9.12. The van der Waals surface area contributed by atoms with E-state index in [1.165, 1.54) is 5.56 Å². The molecule has 2 aliphatic heterocycles. The van der Waals surface area contributed by atoms with Crippen LogP contribution in [-0.2, 0) is 15.1 Å². The van der Waals surface area contributed by atoms with Gasteiger partial charge < -0.3 is 9.68 Å². The molecular weight excluding hydrogens is 378 g/mol. The Bertz CT molecular complexity index is 909. The van der Waals surface area contributed by atoms with Crippen molar-refractivity contribution in [2.75, 3.05) is 18.4 Å². The van der Waals surface area contributed by atoms with Crippen molar-refractivity contribution in [3.8, 4) is 0 Å². The van der Waals surface area contributed by atoms with Crippen molar-refractivity contribution >= 4 is 17.5 Å². The summed E-state index contributed by atoms with van der Waals surface area (Å²) in [5.41, 5.74) is 3.82. The molecule has 1 amide bonds. The number of anilines is 1. The second-order valence-corrected chi connectivity index (χ2v) is 9.12. The maximum absolute atomic E-state index is 12.3. The molecule has 0 saturated carbocycles. The van der Waals surface area contributed by atoms with Gasteiger partial charge in [0.05, 0.1) is 5.71 Å². The Balaban J connectivity index is 1.26. The fraction of sp³-hybridized carbons (Fsp3) is 0.417. The Hall–Kier alpha value is -2.86. The van der Waals surface area contributed by atoms with Crippen molar-refractivity contribution in [1.29, 1.82) is 0 Å². The van der Waals surface area contributed by atoms with E-state index in [1.807, 2.05) is 42.5 Å². The van der Waals surface area contributed by atoms with Gasteiger partial charge in [-0.3, -0.25) is 5.32 Å². The zero-order valence-corrected chi connectivity index (χ0v) is 17.9. The summed E-state index contributed by atoms with van der Waals surface area (Å²) in [6, 6.07) is 18.0. The predicted molar refractivity (Wildman–Crippen MR) is 117 cm³/mol. The van der Waals surface area contributed by atoms with E-state index >= 15 is 0 Å². The van der Waals surface area contributed by atoms with Crippen LogP contribution in [0.15, 0.2) is 59.8 Å². The van der Waals surface area contributed by atoms with E-state index in [2.05, 4.69) is 43.4 Å². The Morgan fingerprint density at radius 3 is 2.37 bits per heavy atom. The summed E-state index contributed by atoms with van der Waals surface area (Å²) in [5.74, 6) is 0. The van der Waals surface area contributed by atoms with Crippen LogP contribution >= 0.6 is 0 Å². The molecule has 2 aliphatic rings. The highest BCUT2D eigenvalue weighted by atomic mass is 16.7. The zero-order chi connectivity index (χ0) is 21.2. The highest BCUT2D eigenvalue weighted by Crippen LogP contribution is 2.36. The quantitative estimate of drug-likeness (QED) is 0.768. The van der Waals surface area contributed by atoms with E-state index < -0.39 is 6.09 Å². The lowest BCUT2D eigenvalue weighted by molar-refractivity contribution is -0.154. The van der Waals surface area contributed by atoms with Gasteiger partial charge in [-0.25, -0.2) is 4.79 Å². The lowest BCUT2D eigenvalue weighted by Crippen LogP contribution is -2.45. The summed E-state index contributed by atoms with van der Waals surface area (Å²) in [6.45, 7) is 7.72. The van der Waals surface area contributed by atoms with Gasteiger partial charge in [0.25, 0.3) is 0 Å². The van der Waals surface area contributed by atoms with Gasteiger partial charge in [0.15, 0.2) is 0 Å². The molecule has 2 heterocycles. The topological polar surface area (TPSA) is 63.2 Å². The molecule has 0 bridgehead atoms. The fourth-order valence-corrected chi connectivity index (χ4v) is 3.87. The molecule has 1 N–H and O–H groups in total. The van der Waals surface area contributed by atoms with E-state index in [0.29, 0.717) is 13.1 Å². The highest BCUT2D eigenvalue weighted by molar-refractivity contribution is 6.01. The average molecular weight is 408 g/mol. The van der Waals surface area contributed by atoms with Crippen molar-refractivity contribution in [3.63, 3.8) is 0 Å². The molecule has 0 atom stereocenters. The van der Waals surface area contributed by atoms with Crippen LogP contribution in [0, 0.1) is 0 Å². The molecule has 2 aromatic carbocycles. The van der Waals surface area contributed by atoms with Crippen LogP contribution in [0.2, 0.25) is 0 Å². The van der Waals surface area contributed by atoms with Gasteiger partial charge >= 0.3 is 6.09 Å². The third kappa shape index (κ3) is 4.65. The zero-order valence-electron chi connectivity index (χ0n) is 17.9. The standard InChI is InChI=1S/C24H29N3O3/c1-23(2,3)19-9-11-20(12-10-19)25-22(28)29-27-15-13-24(14-16-27)17-21(26-30-24)18-7-5-4-6-8-18/h4-12H,13-17H2,1-3H3,(H,25,28). The fourth-order valence-electron chi connectivity index (χ4n) is 3.87. The molecule has 0 radical (unpaired) electrons. The third-order valence-corrected chi connectivity index (χ3v) is 5.79. The van der Waals surface area contributed by atoms with Gasteiger partial charge in [-0.2, -0.15) is 0 Å². The molecule has 158 valence electrons. The van der Waals surface area contributed by atoms with Gasteiger partial charge in [-0.1, -0.05) is 68.4 Å². The molecule has 0 unspecified atom stereocenters. The van der Waals surface area contributed by atoms with E-state index in [-0.39, 0.29) is 11.0 Å². The van der Waals surface area contributed by atoms with E-state index in [4.69, 9.17) is 9.68 Å². The Labute approximate surface area is 177 Å². The first-order chi connectivity index (χ1) is 14.3. The maximum Gasteiger partial charge on any atom is 0.430 e.